The lowest BCUT2D eigenvalue weighted by molar-refractivity contribution is 0.0463. The Morgan fingerprint density at radius 1 is 1.33 bits per heavy atom. The SMILES string of the molecule is CNS(=O)(=O)c1cccc(OCC(O)CNC(=O)OC(C)(C)C)c1. The second-order valence-corrected chi connectivity index (χ2v) is 7.92. The van der Waals surface area contributed by atoms with Gasteiger partial charge in [-0.25, -0.2) is 17.9 Å². The van der Waals surface area contributed by atoms with E-state index in [-0.39, 0.29) is 18.0 Å². The number of aliphatic hydroxyl groups excluding tert-OH is 1. The van der Waals surface area contributed by atoms with Gasteiger partial charge in [-0.3, -0.25) is 0 Å². The smallest absolute Gasteiger partial charge is 0.407 e. The zero-order valence-corrected chi connectivity index (χ0v) is 15.0. The van der Waals surface area contributed by atoms with Gasteiger partial charge in [0.1, 0.15) is 24.1 Å². The number of alkyl carbamates (subject to hydrolysis) is 1. The predicted octanol–water partition coefficient (Wildman–Crippen LogP) is 0.859. The van der Waals surface area contributed by atoms with Crippen molar-refractivity contribution in [2.24, 2.45) is 0 Å². The molecule has 8 nitrogen and oxygen atoms in total. The molecule has 0 saturated heterocycles. The van der Waals surface area contributed by atoms with Crippen molar-refractivity contribution in [3.8, 4) is 5.75 Å². The van der Waals surface area contributed by atoms with Crippen molar-refractivity contribution in [2.75, 3.05) is 20.2 Å². The van der Waals surface area contributed by atoms with Crippen molar-refractivity contribution in [1.82, 2.24) is 10.0 Å². The fraction of sp³-hybridized carbons (Fsp3) is 0.533. The first kappa shape index (κ1) is 20.2. The van der Waals surface area contributed by atoms with Gasteiger partial charge in [-0.05, 0) is 40.0 Å². The molecule has 0 aromatic heterocycles. The minimum atomic E-state index is -3.56. The van der Waals surface area contributed by atoms with E-state index in [4.69, 9.17) is 9.47 Å². The summed E-state index contributed by atoms with van der Waals surface area (Å²) >= 11 is 0. The van der Waals surface area contributed by atoms with Crippen LogP contribution in [-0.2, 0) is 14.8 Å². The first-order chi connectivity index (χ1) is 11.0. The van der Waals surface area contributed by atoms with Crippen LogP contribution in [0.2, 0.25) is 0 Å². The number of benzene rings is 1. The van der Waals surface area contributed by atoms with E-state index in [1.54, 1.807) is 26.8 Å². The summed E-state index contributed by atoms with van der Waals surface area (Å²) < 4.78 is 36.0. The molecular formula is C15H24N2O6S. The standard InChI is InChI=1S/C15H24N2O6S/c1-15(2,3)23-14(19)17-9-11(18)10-22-12-6-5-7-13(8-12)24(20,21)16-4/h5-8,11,16,18H,9-10H2,1-4H3,(H,17,19). The molecule has 0 fully saturated rings. The molecule has 0 heterocycles. The maximum Gasteiger partial charge on any atom is 0.407 e. The van der Waals surface area contributed by atoms with Gasteiger partial charge in [0.15, 0.2) is 0 Å². The Bertz CT molecular complexity index is 654. The van der Waals surface area contributed by atoms with Crippen molar-refractivity contribution in [2.45, 2.75) is 37.4 Å². The maximum atomic E-state index is 11.7. The van der Waals surface area contributed by atoms with Crippen LogP contribution in [0, 0.1) is 0 Å². The summed E-state index contributed by atoms with van der Waals surface area (Å²) in [5.41, 5.74) is -0.620. The van der Waals surface area contributed by atoms with Crippen LogP contribution in [-0.4, -0.2) is 51.5 Å². The third-order valence-corrected chi connectivity index (χ3v) is 4.12. The summed E-state index contributed by atoms with van der Waals surface area (Å²) in [6.45, 7) is 5.04. The fourth-order valence-electron chi connectivity index (χ4n) is 1.62. The fourth-order valence-corrected chi connectivity index (χ4v) is 2.38. The summed E-state index contributed by atoms with van der Waals surface area (Å²) in [4.78, 5) is 11.5. The number of sulfonamides is 1. The van der Waals surface area contributed by atoms with Gasteiger partial charge >= 0.3 is 6.09 Å². The van der Waals surface area contributed by atoms with E-state index in [0.29, 0.717) is 5.75 Å². The largest absolute Gasteiger partial charge is 0.491 e. The second-order valence-electron chi connectivity index (χ2n) is 6.03. The molecule has 1 unspecified atom stereocenters. The number of nitrogens with one attached hydrogen (secondary N) is 2. The van der Waals surface area contributed by atoms with E-state index in [0.717, 1.165) is 0 Å². The molecule has 1 rings (SSSR count). The van der Waals surface area contributed by atoms with Gasteiger partial charge in [0.05, 0.1) is 11.4 Å². The Morgan fingerprint density at radius 3 is 2.58 bits per heavy atom. The van der Waals surface area contributed by atoms with Crippen LogP contribution in [0.5, 0.6) is 5.75 Å². The zero-order valence-electron chi connectivity index (χ0n) is 14.2. The number of hydrogen-bond acceptors (Lipinski definition) is 6. The Morgan fingerprint density at radius 2 is 2.00 bits per heavy atom. The van der Waals surface area contributed by atoms with Crippen LogP contribution < -0.4 is 14.8 Å². The van der Waals surface area contributed by atoms with Gasteiger partial charge in [-0.1, -0.05) is 6.07 Å². The monoisotopic (exact) mass is 360 g/mol. The number of hydrogen-bond donors (Lipinski definition) is 3. The maximum absolute atomic E-state index is 11.7. The molecule has 1 atom stereocenters. The van der Waals surface area contributed by atoms with Gasteiger partial charge in [-0.15, -0.1) is 0 Å². The molecule has 0 radical (unpaired) electrons. The van der Waals surface area contributed by atoms with Crippen LogP contribution in [0.1, 0.15) is 20.8 Å². The van der Waals surface area contributed by atoms with Gasteiger partial charge in [0.25, 0.3) is 0 Å². The van der Waals surface area contributed by atoms with Crippen LogP contribution in [0.15, 0.2) is 29.2 Å². The highest BCUT2D eigenvalue weighted by Crippen LogP contribution is 2.17. The number of ether oxygens (including phenoxy) is 2. The molecule has 3 N–H and O–H groups in total. The summed E-state index contributed by atoms with van der Waals surface area (Å²) in [7, 11) is -2.25. The molecule has 0 aliphatic carbocycles. The first-order valence-electron chi connectivity index (χ1n) is 7.35. The second kappa shape index (κ2) is 8.32. The highest BCUT2D eigenvalue weighted by molar-refractivity contribution is 7.89. The Balaban J connectivity index is 2.49. The molecule has 24 heavy (non-hydrogen) atoms. The molecule has 1 amide bonds. The molecule has 0 saturated carbocycles. The predicted molar refractivity (Wildman–Crippen MR) is 88.4 cm³/mol. The van der Waals surface area contributed by atoms with Crippen LogP contribution >= 0.6 is 0 Å². The van der Waals surface area contributed by atoms with Crippen molar-refractivity contribution in [3.05, 3.63) is 24.3 Å². The van der Waals surface area contributed by atoms with Crippen molar-refractivity contribution < 1.29 is 27.8 Å². The number of aliphatic hydroxyl groups is 1. The number of carbonyl (C=O) groups excluding carboxylic acids is 1. The Kier molecular flexibility index (Phi) is 7.00. The van der Waals surface area contributed by atoms with Gasteiger partial charge in [0, 0.05) is 6.07 Å². The molecule has 0 aliphatic rings. The van der Waals surface area contributed by atoms with Gasteiger partial charge in [-0.2, -0.15) is 0 Å². The lowest BCUT2D eigenvalue weighted by Gasteiger charge is -2.20. The Hall–Kier alpha value is -1.84. The van der Waals surface area contributed by atoms with E-state index in [1.165, 1.54) is 25.2 Å². The average molecular weight is 360 g/mol. The molecule has 0 spiro atoms. The lowest BCUT2D eigenvalue weighted by atomic mass is 10.2. The minimum Gasteiger partial charge on any atom is -0.491 e. The zero-order chi connectivity index (χ0) is 18.4. The summed E-state index contributed by atoms with van der Waals surface area (Å²) in [5.74, 6) is 0.294. The van der Waals surface area contributed by atoms with Crippen LogP contribution in [0.3, 0.4) is 0 Å². The molecule has 1 aromatic rings. The van der Waals surface area contributed by atoms with Crippen molar-refractivity contribution in [1.29, 1.82) is 0 Å². The summed E-state index contributed by atoms with van der Waals surface area (Å²) in [5, 5.41) is 12.2. The minimum absolute atomic E-state index is 0.0522. The highest BCUT2D eigenvalue weighted by Gasteiger charge is 2.17. The van der Waals surface area contributed by atoms with E-state index in [1.807, 2.05) is 0 Å². The van der Waals surface area contributed by atoms with Crippen LogP contribution in [0.25, 0.3) is 0 Å². The van der Waals surface area contributed by atoms with Gasteiger partial charge in [0.2, 0.25) is 10.0 Å². The van der Waals surface area contributed by atoms with E-state index in [9.17, 15) is 18.3 Å². The lowest BCUT2D eigenvalue weighted by Crippen LogP contribution is -2.38. The molecule has 9 heteroatoms. The summed E-state index contributed by atoms with van der Waals surface area (Å²) in [6.07, 6.45) is -1.61. The molecule has 0 aliphatic heterocycles. The van der Waals surface area contributed by atoms with E-state index < -0.39 is 27.8 Å². The highest BCUT2D eigenvalue weighted by atomic mass is 32.2. The molecule has 1 aromatic carbocycles. The van der Waals surface area contributed by atoms with Crippen LogP contribution in [0.4, 0.5) is 4.79 Å². The Labute approximate surface area is 142 Å². The third-order valence-electron chi connectivity index (χ3n) is 2.71. The average Bonchev–Trinajstić information content (AvgIpc) is 2.49. The molecule has 136 valence electrons. The molecular weight excluding hydrogens is 336 g/mol. The number of rotatable bonds is 7. The number of carbonyl (C=O) groups is 1. The normalized spacial score (nSPS) is 13.2. The van der Waals surface area contributed by atoms with E-state index in [2.05, 4.69) is 10.0 Å². The van der Waals surface area contributed by atoms with E-state index >= 15 is 0 Å². The quantitative estimate of drug-likeness (QED) is 0.664. The molecule has 0 bridgehead atoms. The topological polar surface area (TPSA) is 114 Å². The van der Waals surface area contributed by atoms with Crippen molar-refractivity contribution in [3.63, 3.8) is 0 Å². The third kappa shape index (κ3) is 7.16. The van der Waals surface area contributed by atoms with Gasteiger partial charge < -0.3 is 19.9 Å². The van der Waals surface area contributed by atoms with Crippen molar-refractivity contribution >= 4 is 16.1 Å². The first-order valence-corrected chi connectivity index (χ1v) is 8.83. The summed E-state index contributed by atoms with van der Waals surface area (Å²) in [6, 6.07) is 5.88. The number of amides is 1.